The first-order chi connectivity index (χ1) is 5.61. The minimum absolute atomic E-state index is 0. The van der Waals surface area contributed by atoms with E-state index in [1.54, 1.807) is 0 Å². The van der Waals surface area contributed by atoms with Gasteiger partial charge in [0.25, 0.3) is 0 Å². The van der Waals surface area contributed by atoms with Gasteiger partial charge in [-0.25, -0.2) is 9.59 Å². The van der Waals surface area contributed by atoms with Gasteiger partial charge < -0.3 is 10.2 Å². The molecule has 0 unspecified atom stereocenters. The zero-order valence-electron chi connectivity index (χ0n) is 6.02. The van der Waals surface area contributed by atoms with Crippen molar-refractivity contribution in [1.82, 2.24) is 0 Å². The van der Waals surface area contributed by atoms with Crippen LogP contribution in [0.15, 0.2) is 24.3 Å². The molecule has 0 saturated carbocycles. The van der Waals surface area contributed by atoms with E-state index in [4.69, 9.17) is 10.2 Å². The first kappa shape index (κ1) is 11.9. The third kappa shape index (κ3) is 3.04. The number of benzene rings is 1. The van der Waals surface area contributed by atoms with Gasteiger partial charge in [0, 0.05) is 0 Å². The maximum absolute atomic E-state index is 10.3. The molecular formula is C8H8MgO4. The highest BCUT2D eigenvalue weighted by Gasteiger charge is 2.04. The van der Waals surface area contributed by atoms with E-state index in [0.717, 1.165) is 0 Å². The molecule has 0 bridgehead atoms. The lowest BCUT2D eigenvalue weighted by atomic mass is 10.1. The normalized spacial score (nSPS) is 8.62. The van der Waals surface area contributed by atoms with Crippen LogP contribution in [-0.4, -0.2) is 45.2 Å². The second-order valence-electron chi connectivity index (χ2n) is 2.19. The molecule has 1 aromatic carbocycles. The fourth-order valence-electron chi connectivity index (χ4n) is 0.755. The molecule has 0 saturated heterocycles. The number of hydrogen-bond donors (Lipinski definition) is 2. The average Bonchev–Trinajstić information content (AvgIpc) is 2.04. The van der Waals surface area contributed by atoms with Crippen LogP contribution in [0.1, 0.15) is 20.7 Å². The lowest BCUT2D eigenvalue weighted by Crippen LogP contribution is -1.99. The van der Waals surface area contributed by atoms with Crippen LogP contribution in [0.3, 0.4) is 0 Å². The quantitative estimate of drug-likeness (QED) is 0.655. The Labute approximate surface area is 90.3 Å². The first-order valence-electron chi connectivity index (χ1n) is 3.18. The zero-order chi connectivity index (χ0) is 9.14. The van der Waals surface area contributed by atoms with Crippen molar-refractivity contribution in [2.45, 2.75) is 0 Å². The van der Waals surface area contributed by atoms with Crippen molar-refractivity contribution >= 4 is 35.0 Å². The summed E-state index contributed by atoms with van der Waals surface area (Å²) in [4.78, 5) is 20.7. The highest BCUT2D eigenvalue weighted by atomic mass is 24.3. The lowest BCUT2D eigenvalue weighted by Gasteiger charge is -1.94. The summed E-state index contributed by atoms with van der Waals surface area (Å²) in [7, 11) is 0. The monoisotopic (exact) mass is 192 g/mol. The van der Waals surface area contributed by atoms with Gasteiger partial charge in [0.05, 0.1) is 11.1 Å². The van der Waals surface area contributed by atoms with Gasteiger partial charge in [-0.3, -0.25) is 0 Å². The summed E-state index contributed by atoms with van der Waals surface area (Å²) >= 11 is 0. The van der Waals surface area contributed by atoms with Gasteiger partial charge in [0.15, 0.2) is 0 Å². The summed E-state index contributed by atoms with van der Waals surface area (Å²) in [6, 6.07) is 5.02. The van der Waals surface area contributed by atoms with Crippen molar-refractivity contribution in [2.75, 3.05) is 0 Å². The number of carboxylic acids is 2. The van der Waals surface area contributed by atoms with Crippen LogP contribution in [0, 0.1) is 0 Å². The van der Waals surface area contributed by atoms with Crippen molar-refractivity contribution in [3.63, 3.8) is 0 Å². The Hall–Kier alpha value is -1.07. The molecule has 0 atom stereocenters. The second-order valence-corrected chi connectivity index (χ2v) is 2.19. The van der Waals surface area contributed by atoms with Crippen molar-refractivity contribution in [3.8, 4) is 0 Å². The van der Waals surface area contributed by atoms with Gasteiger partial charge in [-0.1, -0.05) is 0 Å². The molecule has 0 aliphatic carbocycles. The van der Waals surface area contributed by atoms with Crippen LogP contribution in [0.2, 0.25) is 0 Å². The van der Waals surface area contributed by atoms with Gasteiger partial charge in [-0.05, 0) is 24.3 Å². The molecule has 0 aliphatic heterocycles. The molecule has 4 nitrogen and oxygen atoms in total. The van der Waals surface area contributed by atoms with Crippen LogP contribution < -0.4 is 0 Å². The third-order valence-corrected chi connectivity index (χ3v) is 1.38. The summed E-state index contributed by atoms with van der Waals surface area (Å²) in [5, 5.41) is 16.9. The molecule has 0 fully saturated rings. The van der Waals surface area contributed by atoms with Crippen molar-refractivity contribution in [3.05, 3.63) is 35.4 Å². The van der Waals surface area contributed by atoms with E-state index >= 15 is 0 Å². The number of aromatic carboxylic acids is 2. The minimum atomic E-state index is -1.06. The standard InChI is InChI=1S/C8H6O4.Mg.2H/c9-7(10)5-1-2-6(4-3-5)8(11)12;;;/h1-4H,(H,9,10)(H,11,12);;;. The predicted molar refractivity (Wildman–Crippen MR) is 48.9 cm³/mol. The van der Waals surface area contributed by atoms with E-state index < -0.39 is 11.9 Å². The molecule has 0 heterocycles. The molecule has 2 N–H and O–H groups in total. The van der Waals surface area contributed by atoms with Crippen LogP contribution >= 0.6 is 0 Å². The molecule has 1 aromatic rings. The third-order valence-electron chi connectivity index (χ3n) is 1.38. The van der Waals surface area contributed by atoms with Gasteiger partial charge in [0.2, 0.25) is 0 Å². The van der Waals surface area contributed by atoms with E-state index in [1.165, 1.54) is 24.3 Å². The van der Waals surface area contributed by atoms with Crippen molar-refractivity contribution < 1.29 is 19.8 Å². The topological polar surface area (TPSA) is 74.6 Å². The van der Waals surface area contributed by atoms with Gasteiger partial charge in [-0.2, -0.15) is 0 Å². The molecule has 66 valence electrons. The summed E-state index contributed by atoms with van der Waals surface area (Å²) in [5.74, 6) is -2.13. The van der Waals surface area contributed by atoms with E-state index in [0.29, 0.717) is 0 Å². The summed E-state index contributed by atoms with van der Waals surface area (Å²) < 4.78 is 0. The summed E-state index contributed by atoms with van der Waals surface area (Å²) in [6.45, 7) is 0. The predicted octanol–water partition coefficient (Wildman–Crippen LogP) is 0.167. The molecule has 0 amide bonds. The van der Waals surface area contributed by atoms with E-state index in [2.05, 4.69) is 0 Å². The fraction of sp³-hybridized carbons (Fsp3) is 0. The maximum atomic E-state index is 10.3. The van der Waals surface area contributed by atoms with Crippen LogP contribution in [0.25, 0.3) is 0 Å². The number of hydrogen-bond acceptors (Lipinski definition) is 2. The van der Waals surface area contributed by atoms with Gasteiger partial charge in [0.1, 0.15) is 0 Å². The zero-order valence-corrected chi connectivity index (χ0v) is 6.02. The van der Waals surface area contributed by atoms with E-state index in [-0.39, 0.29) is 34.2 Å². The second kappa shape index (κ2) is 4.83. The highest BCUT2D eigenvalue weighted by molar-refractivity contribution is 5.91. The maximum Gasteiger partial charge on any atom is 0.335 e. The Morgan fingerprint density at radius 1 is 0.846 bits per heavy atom. The number of carbonyl (C=O) groups is 2. The largest absolute Gasteiger partial charge is 0.478 e. The minimum Gasteiger partial charge on any atom is -0.478 e. The van der Waals surface area contributed by atoms with Crippen LogP contribution in [0.5, 0.6) is 0 Å². The Kier molecular flexibility index (Phi) is 4.43. The van der Waals surface area contributed by atoms with Crippen molar-refractivity contribution in [2.24, 2.45) is 0 Å². The van der Waals surface area contributed by atoms with Gasteiger partial charge in [-0.15, -0.1) is 0 Å². The summed E-state index contributed by atoms with van der Waals surface area (Å²) in [5.41, 5.74) is 0.167. The van der Waals surface area contributed by atoms with Gasteiger partial charge >= 0.3 is 35.0 Å². The van der Waals surface area contributed by atoms with Crippen molar-refractivity contribution in [1.29, 1.82) is 0 Å². The van der Waals surface area contributed by atoms with Crippen LogP contribution in [0.4, 0.5) is 0 Å². The smallest absolute Gasteiger partial charge is 0.335 e. The SMILES string of the molecule is O=C(O)c1ccc(C(=O)O)cc1.[MgH2]. The number of rotatable bonds is 2. The average molecular weight is 192 g/mol. The Bertz CT molecular complexity index is 284. The fourth-order valence-corrected chi connectivity index (χ4v) is 0.755. The lowest BCUT2D eigenvalue weighted by molar-refractivity contribution is 0.0681. The molecule has 0 aromatic heterocycles. The highest BCUT2D eigenvalue weighted by Crippen LogP contribution is 2.03. The first-order valence-corrected chi connectivity index (χ1v) is 3.18. The molecule has 5 heteroatoms. The van der Waals surface area contributed by atoms with E-state index in [9.17, 15) is 9.59 Å². The number of carboxylic acid groups (broad SMARTS) is 2. The van der Waals surface area contributed by atoms with Crippen LogP contribution in [-0.2, 0) is 0 Å². The summed E-state index contributed by atoms with van der Waals surface area (Å²) in [6.07, 6.45) is 0. The Morgan fingerprint density at radius 2 is 1.08 bits per heavy atom. The molecule has 0 spiro atoms. The molecule has 0 aliphatic rings. The van der Waals surface area contributed by atoms with E-state index in [1.807, 2.05) is 0 Å². The molecule has 1 rings (SSSR count). The molecule has 13 heavy (non-hydrogen) atoms. The Balaban J connectivity index is 0.00000144. The molecule has 0 radical (unpaired) electrons. The molecular weight excluding hydrogens is 184 g/mol. The Morgan fingerprint density at radius 3 is 1.23 bits per heavy atom.